The van der Waals surface area contributed by atoms with E-state index in [0.717, 1.165) is 23.9 Å². The predicted octanol–water partition coefficient (Wildman–Crippen LogP) is 2.04. The highest BCUT2D eigenvalue weighted by atomic mass is 15.2. The summed E-state index contributed by atoms with van der Waals surface area (Å²) in [5, 5.41) is 3.55. The smallest absolute Gasteiger partial charge is 0.0220 e. The van der Waals surface area contributed by atoms with Crippen LogP contribution < -0.4 is 5.32 Å². The summed E-state index contributed by atoms with van der Waals surface area (Å²) < 4.78 is 0. The summed E-state index contributed by atoms with van der Waals surface area (Å²) in [6.07, 6.45) is 6.93. The van der Waals surface area contributed by atoms with Crippen molar-refractivity contribution in [2.24, 2.45) is 11.8 Å². The first kappa shape index (κ1) is 15.3. The van der Waals surface area contributed by atoms with Gasteiger partial charge in [-0.05, 0) is 71.6 Å². The van der Waals surface area contributed by atoms with E-state index in [1.165, 1.54) is 51.7 Å². The van der Waals surface area contributed by atoms with Gasteiger partial charge in [0.25, 0.3) is 0 Å². The van der Waals surface area contributed by atoms with Crippen molar-refractivity contribution >= 4 is 0 Å². The first-order valence-electron chi connectivity index (χ1n) is 8.16. The third-order valence-corrected chi connectivity index (χ3v) is 5.36. The van der Waals surface area contributed by atoms with E-state index < -0.39 is 0 Å². The van der Waals surface area contributed by atoms with Gasteiger partial charge in [0.1, 0.15) is 0 Å². The van der Waals surface area contributed by atoms with Crippen molar-refractivity contribution in [2.75, 3.05) is 40.8 Å². The van der Waals surface area contributed by atoms with Crippen molar-refractivity contribution in [3.8, 4) is 0 Å². The van der Waals surface area contributed by atoms with Crippen LogP contribution in [0, 0.1) is 11.8 Å². The Morgan fingerprint density at radius 1 is 1.21 bits per heavy atom. The van der Waals surface area contributed by atoms with Gasteiger partial charge in [0.2, 0.25) is 0 Å². The van der Waals surface area contributed by atoms with E-state index in [4.69, 9.17) is 0 Å². The largest absolute Gasteiger partial charge is 0.317 e. The highest BCUT2D eigenvalue weighted by molar-refractivity contribution is 4.86. The first-order chi connectivity index (χ1) is 9.10. The molecule has 2 aliphatic rings. The van der Waals surface area contributed by atoms with Crippen LogP contribution in [-0.2, 0) is 0 Å². The van der Waals surface area contributed by atoms with Crippen molar-refractivity contribution in [2.45, 2.75) is 51.1 Å². The topological polar surface area (TPSA) is 18.5 Å². The van der Waals surface area contributed by atoms with Gasteiger partial charge in [-0.15, -0.1) is 0 Å². The summed E-state index contributed by atoms with van der Waals surface area (Å²) >= 11 is 0. The Balaban J connectivity index is 1.80. The van der Waals surface area contributed by atoms with Gasteiger partial charge in [-0.3, -0.25) is 0 Å². The van der Waals surface area contributed by atoms with Crippen molar-refractivity contribution in [3.05, 3.63) is 0 Å². The molecule has 1 saturated carbocycles. The van der Waals surface area contributed by atoms with Crippen molar-refractivity contribution in [1.29, 1.82) is 0 Å². The lowest BCUT2D eigenvalue weighted by Gasteiger charge is -2.38. The number of nitrogens with zero attached hydrogens (tertiary/aromatic N) is 2. The molecule has 1 aliphatic carbocycles. The molecule has 0 radical (unpaired) electrons. The van der Waals surface area contributed by atoms with Crippen molar-refractivity contribution < 1.29 is 0 Å². The molecular formula is C16H33N3. The molecule has 1 saturated heterocycles. The van der Waals surface area contributed by atoms with Crippen LogP contribution in [0.5, 0.6) is 0 Å². The molecule has 2 rings (SSSR count). The minimum atomic E-state index is 0.736. The molecule has 0 aromatic heterocycles. The Kier molecular flexibility index (Phi) is 5.67. The highest BCUT2D eigenvalue weighted by Gasteiger charge is 2.29. The average molecular weight is 267 g/mol. The van der Waals surface area contributed by atoms with E-state index >= 15 is 0 Å². The number of hydrogen-bond acceptors (Lipinski definition) is 3. The number of likely N-dealkylation sites (N-methyl/N-ethyl adjacent to an activating group) is 2. The molecule has 0 amide bonds. The molecule has 1 heterocycles. The lowest BCUT2D eigenvalue weighted by atomic mass is 9.78. The van der Waals surface area contributed by atoms with Crippen LogP contribution in [-0.4, -0.2) is 62.7 Å². The standard InChI is InChI=1S/C16H33N3/c1-13-7-8-16(17-2)14(10-13)11-18(3)12-15-6-5-9-19(15)4/h13-17H,5-12H2,1-4H3. The lowest BCUT2D eigenvalue weighted by Crippen LogP contribution is -2.45. The van der Waals surface area contributed by atoms with Gasteiger partial charge in [0.15, 0.2) is 0 Å². The van der Waals surface area contributed by atoms with Gasteiger partial charge in [-0.1, -0.05) is 6.92 Å². The maximum atomic E-state index is 3.55. The summed E-state index contributed by atoms with van der Waals surface area (Å²) in [6.45, 7) is 6.22. The van der Waals surface area contributed by atoms with Crippen LogP contribution in [0.1, 0.15) is 39.0 Å². The summed E-state index contributed by atoms with van der Waals surface area (Å²) in [5.41, 5.74) is 0. The zero-order valence-electron chi connectivity index (χ0n) is 13.4. The van der Waals surface area contributed by atoms with E-state index in [2.05, 4.69) is 43.2 Å². The summed E-state index contributed by atoms with van der Waals surface area (Å²) in [4.78, 5) is 5.12. The molecule has 19 heavy (non-hydrogen) atoms. The molecular weight excluding hydrogens is 234 g/mol. The molecule has 0 spiro atoms. The Morgan fingerprint density at radius 3 is 2.63 bits per heavy atom. The maximum absolute atomic E-state index is 3.55. The van der Waals surface area contributed by atoms with E-state index in [9.17, 15) is 0 Å². The molecule has 112 valence electrons. The van der Waals surface area contributed by atoms with Gasteiger partial charge in [-0.25, -0.2) is 0 Å². The fourth-order valence-electron chi connectivity index (χ4n) is 4.13. The molecule has 0 bridgehead atoms. The second kappa shape index (κ2) is 7.05. The van der Waals surface area contributed by atoms with Crippen LogP contribution in [0.15, 0.2) is 0 Å². The van der Waals surface area contributed by atoms with Crippen LogP contribution in [0.3, 0.4) is 0 Å². The zero-order chi connectivity index (χ0) is 13.8. The molecule has 3 heteroatoms. The Labute approximate surface area is 119 Å². The van der Waals surface area contributed by atoms with E-state index in [1.807, 2.05) is 0 Å². The Bertz CT molecular complexity index is 269. The normalized spacial score (nSPS) is 37.1. The highest BCUT2D eigenvalue weighted by Crippen LogP contribution is 2.29. The SMILES string of the molecule is CNC1CCC(C)CC1CN(C)CC1CCCN1C. The van der Waals surface area contributed by atoms with Gasteiger partial charge in [0.05, 0.1) is 0 Å². The molecule has 0 aromatic rings. The second-order valence-corrected chi connectivity index (χ2v) is 7.07. The summed E-state index contributed by atoms with van der Waals surface area (Å²) in [7, 11) is 6.74. The second-order valence-electron chi connectivity index (χ2n) is 7.07. The van der Waals surface area contributed by atoms with Crippen molar-refractivity contribution in [3.63, 3.8) is 0 Å². The number of rotatable bonds is 5. The third kappa shape index (κ3) is 4.17. The molecule has 4 atom stereocenters. The van der Waals surface area contributed by atoms with Crippen molar-refractivity contribution in [1.82, 2.24) is 15.1 Å². The van der Waals surface area contributed by atoms with E-state index in [-0.39, 0.29) is 0 Å². The van der Waals surface area contributed by atoms with Gasteiger partial charge >= 0.3 is 0 Å². The van der Waals surface area contributed by atoms with Crippen LogP contribution >= 0.6 is 0 Å². The molecule has 3 nitrogen and oxygen atoms in total. The first-order valence-corrected chi connectivity index (χ1v) is 8.16. The van der Waals surface area contributed by atoms with Gasteiger partial charge < -0.3 is 15.1 Å². The summed E-state index contributed by atoms with van der Waals surface area (Å²) in [5.74, 6) is 1.75. The number of hydrogen-bond donors (Lipinski definition) is 1. The van der Waals surface area contributed by atoms with E-state index in [0.29, 0.717) is 0 Å². The minimum Gasteiger partial charge on any atom is -0.317 e. The molecule has 1 aliphatic heterocycles. The monoisotopic (exact) mass is 267 g/mol. The zero-order valence-corrected chi connectivity index (χ0v) is 13.4. The lowest BCUT2D eigenvalue weighted by molar-refractivity contribution is 0.144. The molecule has 2 fully saturated rings. The number of likely N-dealkylation sites (tertiary alicyclic amines) is 1. The fourth-order valence-corrected chi connectivity index (χ4v) is 4.13. The minimum absolute atomic E-state index is 0.736. The van der Waals surface area contributed by atoms with Crippen LogP contribution in [0.25, 0.3) is 0 Å². The summed E-state index contributed by atoms with van der Waals surface area (Å²) in [6, 6.07) is 1.53. The van der Waals surface area contributed by atoms with Gasteiger partial charge in [0, 0.05) is 25.2 Å². The quantitative estimate of drug-likeness (QED) is 0.822. The average Bonchev–Trinajstić information content (AvgIpc) is 2.75. The Hall–Kier alpha value is -0.120. The maximum Gasteiger partial charge on any atom is 0.0220 e. The van der Waals surface area contributed by atoms with E-state index in [1.54, 1.807) is 0 Å². The van der Waals surface area contributed by atoms with Crippen LogP contribution in [0.4, 0.5) is 0 Å². The Morgan fingerprint density at radius 2 is 2.00 bits per heavy atom. The van der Waals surface area contributed by atoms with Gasteiger partial charge in [-0.2, -0.15) is 0 Å². The fraction of sp³-hybridized carbons (Fsp3) is 1.00. The number of nitrogens with one attached hydrogen (secondary N) is 1. The molecule has 1 N–H and O–H groups in total. The third-order valence-electron chi connectivity index (χ3n) is 5.36. The molecule has 0 aromatic carbocycles. The molecule has 4 unspecified atom stereocenters. The predicted molar refractivity (Wildman–Crippen MR) is 82.5 cm³/mol. The van der Waals surface area contributed by atoms with Crippen LogP contribution in [0.2, 0.25) is 0 Å².